The molecule has 1 rings (SSSR count). The zero-order chi connectivity index (χ0) is 14.3. The minimum Gasteiger partial charge on any atom is -0.382 e. The number of rotatable bonds is 9. The first-order chi connectivity index (χ1) is 9.26. The third-order valence-corrected chi connectivity index (χ3v) is 3.36. The minimum absolute atomic E-state index is 0.374. The molecule has 1 aliphatic heterocycles. The molecule has 0 spiro atoms. The Morgan fingerprint density at radius 3 is 2.11 bits per heavy atom. The largest absolute Gasteiger partial charge is 0.382 e. The van der Waals surface area contributed by atoms with Crippen molar-refractivity contribution in [2.45, 2.75) is 72.1 Å². The molecular weight excluding hydrogens is 238 g/mol. The van der Waals surface area contributed by atoms with E-state index in [4.69, 9.17) is 4.74 Å². The highest BCUT2D eigenvalue weighted by molar-refractivity contribution is 5.77. The summed E-state index contributed by atoms with van der Waals surface area (Å²) in [6, 6.07) is 0. The number of nitrogens with zero attached hydrogens (tertiary/aromatic N) is 1. The molecule has 0 aromatic heterocycles. The fraction of sp³-hybridized carbons (Fsp3) is 0.938. The molecule has 0 saturated carbocycles. The van der Waals surface area contributed by atoms with Crippen molar-refractivity contribution in [1.29, 1.82) is 0 Å². The van der Waals surface area contributed by atoms with Gasteiger partial charge in [-0.3, -0.25) is 4.79 Å². The van der Waals surface area contributed by atoms with E-state index in [9.17, 15) is 4.79 Å². The number of amides is 1. The third-order valence-electron chi connectivity index (χ3n) is 3.36. The fourth-order valence-corrected chi connectivity index (χ4v) is 2.23. The second-order valence-electron chi connectivity index (χ2n) is 5.03. The Morgan fingerprint density at radius 1 is 1.00 bits per heavy atom. The zero-order valence-corrected chi connectivity index (χ0v) is 13.2. The summed E-state index contributed by atoms with van der Waals surface area (Å²) < 4.78 is 4.83. The van der Waals surface area contributed by atoms with Crippen LogP contribution in [0.15, 0.2) is 0 Å². The highest BCUT2D eigenvalue weighted by Crippen LogP contribution is 2.12. The number of carbonyl (C=O) groups is 1. The summed E-state index contributed by atoms with van der Waals surface area (Å²) in [5.74, 6) is 0.374. The van der Waals surface area contributed by atoms with Crippen molar-refractivity contribution >= 4 is 5.91 Å². The summed E-state index contributed by atoms with van der Waals surface area (Å²) in [7, 11) is 0. The molecular formula is C16H33NO2. The smallest absolute Gasteiger partial charge is 0.222 e. The predicted molar refractivity (Wildman–Crippen MR) is 81.4 cm³/mol. The van der Waals surface area contributed by atoms with Crippen LogP contribution >= 0.6 is 0 Å². The van der Waals surface area contributed by atoms with Gasteiger partial charge in [0, 0.05) is 32.7 Å². The van der Waals surface area contributed by atoms with Crippen LogP contribution in [0.25, 0.3) is 0 Å². The standard InChI is InChI=1S/C12H23NO.C4H10O/c1-2-3-4-5-6-7-10-13-11-8-9-12(13)14;1-3-5-4-2/h2-11H2,1H3;3-4H2,1-2H3. The Kier molecular flexibility index (Phi) is 13.4. The van der Waals surface area contributed by atoms with Gasteiger partial charge in [0.05, 0.1) is 0 Å². The first-order valence-electron chi connectivity index (χ1n) is 8.11. The molecule has 0 aromatic carbocycles. The van der Waals surface area contributed by atoms with Gasteiger partial charge in [-0.25, -0.2) is 0 Å². The molecule has 1 heterocycles. The molecule has 0 radical (unpaired) electrons. The summed E-state index contributed by atoms with van der Waals surface area (Å²) in [5.41, 5.74) is 0. The summed E-state index contributed by atoms with van der Waals surface area (Å²) in [4.78, 5) is 13.3. The van der Waals surface area contributed by atoms with Crippen LogP contribution in [0.4, 0.5) is 0 Å². The molecule has 0 atom stereocenters. The zero-order valence-electron chi connectivity index (χ0n) is 13.2. The van der Waals surface area contributed by atoms with E-state index in [-0.39, 0.29) is 0 Å². The van der Waals surface area contributed by atoms with E-state index in [0.717, 1.165) is 39.1 Å². The van der Waals surface area contributed by atoms with E-state index in [0.29, 0.717) is 5.91 Å². The summed E-state index contributed by atoms with van der Waals surface area (Å²) in [6.07, 6.45) is 9.75. The Labute approximate surface area is 119 Å². The molecule has 1 fully saturated rings. The predicted octanol–water partition coefficient (Wildman–Crippen LogP) is 4.01. The van der Waals surface area contributed by atoms with Gasteiger partial charge < -0.3 is 9.64 Å². The van der Waals surface area contributed by atoms with Crippen LogP contribution in [0, 0.1) is 0 Å². The molecule has 3 heteroatoms. The van der Waals surface area contributed by atoms with Crippen LogP contribution in [-0.4, -0.2) is 37.1 Å². The number of hydrogen-bond donors (Lipinski definition) is 0. The summed E-state index contributed by atoms with van der Waals surface area (Å²) >= 11 is 0. The van der Waals surface area contributed by atoms with E-state index in [1.54, 1.807) is 0 Å². The second-order valence-corrected chi connectivity index (χ2v) is 5.03. The number of hydrogen-bond acceptors (Lipinski definition) is 2. The highest BCUT2D eigenvalue weighted by Gasteiger charge is 2.18. The van der Waals surface area contributed by atoms with Gasteiger partial charge in [0.15, 0.2) is 0 Å². The monoisotopic (exact) mass is 271 g/mol. The van der Waals surface area contributed by atoms with Gasteiger partial charge in [0.25, 0.3) is 0 Å². The molecule has 0 unspecified atom stereocenters. The van der Waals surface area contributed by atoms with Crippen molar-refractivity contribution in [3.05, 3.63) is 0 Å². The van der Waals surface area contributed by atoms with Gasteiger partial charge in [0.1, 0.15) is 0 Å². The van der Waals surface area contributed by atoms with Crippen LogP contribution in [0.5, 0.6) is 0 Å². The fourth-order valence-electron chi connectivity index (χ4n) is 2.23. The van der Waals surface area contributed by atoms with Crippen LogP contribution in [0.1, 0.15) is 72.1 Å². The Hall–Kier alpha value is -0.570. The first kappa shape index (κ1) is 18.4. The second kappa shape index (κ2) is 13.9. The van der Waals surface area contributed by atoms with E-state index in [1.165, 1.54) is 38.5 Å². The van der Waals surface area contributed by atoms with Crippen LogP contribution in [-0.2, 0) is 9.53 Å². The summed E-state index contributed by atoms with van der Waals surface area (Å²) in [5, 5.41) is 0. The number of likely N-dealkylation sites (tertiary alicyclic amines) is 1. The average molecular weight is 271 g/mol. The van der Waals surface area contributed by atoms with Crippen LogP contribution < -0.4 is 0 Å². The van der Waals surface area contributed by atoms with E-state index >= 15 is 0 Å². The van der Waals surface area contributed by atoms with Gasteiger partial charge in [-0.15, -0.1) is 0 Å². The third kappa shape index (κ3) is 11.0. The van der Waals surface area contributed by atoms with Crippen molar-refractivity contribution in [1.82, 2.24) is 4.90 Å². The molecule has 0 aliphatic carbocycles. The average Bonchev–Trinajstić information content (AvgIpc) is 2.81. The maximum absolute atomic E-state index is 11.3. The molecule has 0 aromatic rings. The lowest BCUT2D eigenvalue weighted by Gasteiger charge is -2.14. The molecule has 3 nitrogen and oxygen atoms in total. The molecule has 1 aliphatic rings. The first-order valence-corrected chi connectivity index (χ1v) is 8.11. The van der Waals surface area contributed by atoms with Gasteiger partial charge >= 0.3 is 0 Å². The summed E-state index contributed by atoms with van der Waals surface area (Å²) in [6.45, 7) is 9.92. The molecule has 1 saturated heterocycles. The minimum atomic E-state index is 0.374. The maximum atomic E-state index is 11.3. The van der Waals surface area contributed by atoms with Crippen molar-refractivity contribution in [3.8, 4) is 0 Å². The normalized spacial score (nSPS) is 14.5. The SMILES string of the molecule is CCCCCCCCN1CCCC1=O.CCOCC. The topological polar surface area (TPSA) is 29.5 Å². The number of ether oxygens (including phenoxy) is 1. The Balaban J connectivity index is 0.000000555. The molecule has 0 bridgehead atoms. The quantitative estimate of drug-likeness (QED) is 0.593. The van der Waals surface area contributed by atoms with E-state index in [1.807, 2.05) is 18.7 Å². The lowest BCUT2D eigenvalue weighted by molar-refractivity contribution is -0.127. The molecule has 114 valence electrons. The van der Waals surface area contributed by atoms with Crippen molar-refractivity contribution in [2.75, 3.05) is 26.3 Å². The Bertz CT molecular complexity index is 205. The van der Waals surface area contributed by atoms with Crippen LogP contribution in [0.3, 0.4) is 0 Å². The van der Waals surface area contributed by atoms with Crippen molar-refractivity contribution in [2.24, 2.45) is 0 Å². The van der Waals surface area contributed by atoms with Gasteiger partial charge in [-0.2, -0.15) is 0 Å². The number of carbonyl (C=O) groups excluding carboxylic acids is 1. The van der Waals surface area contributed by atoms with Gasteiger partial charge in [0.2, 0.25) is 5.91 Å². The lowest BCUT2D eigenvalue weighted by atomic mass is 10.1. The molecule has 0 N–H and O–H groups in total. The lowest BCUT2D eigenvalue weighted by Crippen LogP contribution is -2.25. The maximum Gasteiger partial charge on any atom is 0.222 e. The number of unbranched alkanes of at least 4 members (excludes halogenated alkanes) is 5. The molecule has 19 heavy (non-hydrogen) atoms. The van der Waals surface area contributed by atoms with Crippen molar-refractivity contribution in [3.63, 3.8) is 0 Å². The van der Waals surface area contributed by atoms with Gasteiger partial charge in [-0.05, 0) is 26.7 Å². The van der Waals surface area contributed by atoms with E-state index in [2.05, 4.69) is 6.92 Å². The van der Waals surface area contributed by atoms with E-state index < -0.39 is 0 Å². The van der Waals surface area contributed by atoms with Crippen molar-refractivity contribution < 1.29 is 9.53 Å². The van der Waals surface area contributed by atoms with Crippen LogP contribution in [0.2, 0.25) is 0 Å². The Morgan fingerprint density at radius 2 is 1.63 bits per heavy atom. The molecule has 1 amide bonds. The highest BCUT2D eigenvalue weighted by atomic mass is 16.5. The van der Waals surface area contributed by atoms with Gasteiger partial charge in [-0.1, -0.05) is 39.0 Å².